The molecule has 1 atom stereocenters. The number of aliphatic hydroxyl groups is 1. The van der Waals surface area contributed by atoms with Crippen LogP contribution < -0.4 is 0 Å². The molecule has 2 aromatic rings. The zero-order chi connectivity index (χ0) is 17.6. The average Bonchev–Trinajstić information content (AvgIpc) is 2.54. The fourth-order valence-electron chi connectivity index (χ4n) is 2.17. The first kappa shape index (κ1) is 18.8. The zero-order valence-corrected chi connectivity index (χ0v) is 14.3. The Morgan fingerprint density at radius 2 is 2.00 bits per heavy atom. The second kappa shape index (κ2) is 7.83. The Bertz CT molecular complexity index is 708. The third-order valence-corrected chi connectivity index (χ3v) is 3.31. The molecule has 0 fully saturated rings. The molecule has 0 aliphatic rings. The van der Waals surface area contributed by atoms with Crippen LogP contribution in [0, 0.1) is 12.3 Å². The summed E-state index contributed by atoms with van der Waals surface area (Å²) in [5, 5.41) is 19.1. The summed E-state index contributed by atoms with van der Waals surface area (Å²) in [6, 6.07) is 7.41. The number of benzene rings is 1. The quantitative estimate of drug-likeness (QED) is 0.670. The van der Waals surface area contributed by atoms with Crippen molar-refractivity contribution in [3.8, 4) is 0 Å². The van der Waals surface area contributed by atoms with Gasteiger partial charge in [0, 0.05) is 23.7 Å². The van der Waals surface area contributed by atoms with Crippen LogP contribution in [0.5, 0.6) is 0 Å². The SMILES string of the molecule is CC.COC(=O)C(C)(O)CC(=N)c1ccc2ncc(C)cc2c1. The Morgan fingerprint density at radius 1 is 1.35 bits per heavy atom. The molecule has 0 amide bonds. The molecule has 23 heavy (non-hydrogen) atoms. The van der Waals surface area contributed by atoms with Crippen molar-refractivity contribution in [2.75, 3.05) is 7.11 Å². The van der Waals surface area contributed by atoms with Crippen LogP contribution in [0.4, 0.5) is 0 Å². The van der Waals surface area contributed by atoms with E-state index in [2.05, 4.69) is 9.72 Å². The lowest BCUT2D eigenvalue weighted by Gasteiger charge is -2.20. The third-order valence-electron chi connectivity index (χ3n) is 3.31. The average molecular weight is 316 g/mol. The van der Waals surface area contributed by atoms with Gasteiger partial charge in [0.2, 0.25) is 0 Å². The van der Waals surface area contributed by atoms with E-state index in [4.69, 9.17) is 5.41 Å². The number of nitrogens with zero attached hydrogens (tertiary/aromatic N) is 1. The molecule has 0 radical (unpaired) electrons. The van der Waals surface area contributed by atoms with Crippen LogP contribution in [0.3, 0.4) is 0 Å². The van der Waals surface area contributed by atoms with E-state index in [-0.39, 0.29) is 12.1 Å². The fraction of sp³-hybridized carbons (Fsp3) is 0.389. The van der Waals surface area contributed by atoms with Crippen molar-refractivity contribution >= 4 is 22.6 Å². The largest absolute Gasteiger partial charge is 0.467 e. The van der Waals surface area contributed by atoms with Crippen LogP contribution in [0.1, 0.15) is 38.3 Å². The Kier molecular flexibility index (Phi) is 6.39. The van der Waals surface area contributed by atoms with Gasteiger partial charge in [0.25, 0.3) is 0 Å². The third kappa shape index (κ3) is 4.60. The highest BCUT2D eigenvalue weighted by Crippen LogP contribution is 2.20. The molecular formula is C18H24N2O3. The maximum atomic E-state index is 11.5. The predicted molar refractivity (Wildman–Crippen MR) is 91.9 cm³/mol. The van der Waals surface area contributed by atoms with Gasteiger partial charge in [-0.25, -0.2) is 4.79 Å². The van der Waals surface area contributed by atoms with Crippen LogP contribution in [0.15, 0.2) is 30.5 Å². The number of aromatic nitrogens is 1. The maximum Gasteiger partial charge on any atom is 0.337 e. The van der Waals surface area contributed by atoms with Gasteiger partial charge in [-0.1, -0.05) is 19.9 Å². The van der Waals surface area contributed by atoms with Crippen molar-refractivity contribution in [1.82, 2.24) is 4.98 Å². The molecule has 1 aromatic heterocycles. The molecule has 0 saturated carbocycles. The summed E-state index contributed by atoms with van der Waals surface area (Å²) in [7, 11) is 1.21. The molecule has 0 aliphatic carbocycles. The number of hydrogen-bond donors (Lipinski definition) is 2. The monoisotopic (exact) mass is 316 g/mol. The lowest BCUT2D eigenvalue weighted by Crippen LogP contribution is -2.38. The number of ether oxygens (including phenoxy) is 1. The topological polar surface area (TPSA) is 83.3 Å². The molecule has 124 valence electrons. The predicted octanol–water partition coefficient (Wildman–Crippen LogP) is 3.25. The molecule has 5 heteroatoms. The van der Waals surface area contributed by atoms with E-state index in [1.165, 1.54) is 14.0 Å². The molecule has 1 aromatic carbocycles. The summed E-state index contributed by atoms with van der Waals surface area (Å²) in [5.74, 6) is -0.745. The maximum absolute atomic E-state index is 11.5. The van der Waals surface area contributed by atoms with Crippen molar-refractivity contribution in [2.24, 2.45) is 0 Å². The minimum Gasteiger partial charge on any atom is -0.467 e. The second-order valence-electron chi connectivity index (χ2n) is 5.34. The smallest absolute Gasteiger partial charge is 0.337 e. The lowest BCUT2D eigenvalue weighted by atomic mass is 9.94. The minimum absolute atomic E-state index is 0.107. The first-order valence-corrected chi connectivity index (χ1v) is 7.58. The van der Waals surface area contributed by atoms with Crippen molar-refractivity contribution < 1.29 is 14.6 Å². The molecule has 0 aliphatic heterocycles. The highest BCUT2D eigenvalue weighted by Gasteiger charge is 2.33. The first-order valence-electron chi connectivity index (χ1n) is 7.58. The first-order chi connectivity index (χ1) is 10.8. The number of rotatable bonds is 4. The van der Waals surface area contributed by atoms with Gasteiger partial charge in [-0.15, -0.1) is 0 Å². The molecule has 5 nitrogen and oxygen atoms in total. The summed E-state index contributed by atoms with van der Waals surface area (Å²) < 4.78 is 4.54. The lowest BCUT2D eigenvalue weighted by molar-refractivity contribution is -0.159. The number of pyridine rings is 1. The van der Waals surface area contributed by atoms with E-state index in [0.717, 1.165) is 16.5 Å². The molecule has 2 N–H and O–H groups in total. The van der Waals surface area contributed by atoms with Gasteiger partial charge in [0.1, 0.15) is 0 Å². The molecule has 0 bridgehead atoms. The standard InChI is InChI=1S/C16H18N2O3.C2H6/c1-10-6-12-7-11(4-5-14(12)18-9-10)13(17)8-16(2,20)15(19)21-3;1-2/h4-7,9,17,20H,8H2,1-3H3;1-2H3. The van der Waals surface area contributed by atoms with Gasteiger partial charge in [-0.05, 0) is 43.2 Å². The number of aryl methyl sites for hydroxylation is 1. The van der Waals surface area contributed by atoms with Crippen molar-refractivity contribution in [2.45, 2.75) is 39.7 Å². The van der Waals surface area contributed by atoms with Gasteiger partial charge < -0.3 is 15.3 Å². The zero-order valence-electron chi connectivity index (χ0n) is 14.3. The Labute approximate surface area is 136 Å². The number of fused-ring (bicyclic) bond motifs is 1. The van der Waals surface area contributed by atoms with E-state index in [9.17, 15) is 9.90 Å². The summed E-state index contributed by atoms with van der Waals surface area (Å²) in [6.45, 7) is 7.30. The van der Waals surface area contributed by atoms with Crippen LogP contribution in [-0.4, -0.2) is 34.5 Å². The van der Waals surface area contributed by atoms with Crippen LogP contribution in [-0.2, 0) is 9.53 Å². The summed E-state index contributed by atoms with van der Waals surface area (Å²) >= 11 is 0. The van der Waals surface area contributed by atoms with Gasteiger partial charge in [-0.3, -0.25) is 4.98 Å². The van der Waals surface area contributed by atoms with E-state index < -0.39 is 11.6 Å². The van der Waals surface area contributed by atoms with Gasteiger partial charge in [-0.2, -0.15) is 0 Å². The second-order valence-corrected chi connectivity index (χ2v) is 5.34. The summed E-state index contributed by atoms with van der Waals surface area (Å²) in [4.78, 5) is 15.8. The molecule has 0 spiro atoms. The van der Waals surface area contributed by atoms with E-state index in [0.29, 0.717) is 5.56 Å². The van der Waals surface area contributed by atoms with E-state index in [1.54, 1.807) is 12.3 Å². The number of carbonyl (C=O) groups excluding carboxylic acids is 1. The Hall–Kier alpha value is -2.27. The number of nitrogens with one attached hydrogen (secondary N) is 1. The van der Waals surface area contributed by atoms with Crippen LogP contribution in [0.2, 0.25) is 0 Å². The van der Waals surface area contributed by atoms with Crippen LogP contribution >= 0.6 is 0 Å². The van der Waals surface area contributed by atoms with Gasteiger partial charge in [0.05, 0.1) is 12.6 Å². The normalized spacial score (nSPS) is 12.8. The van der Waals surface area contributed by atoms with E-state index in [1.807, 2.05) is 39.0 Å². The molecule has 2 rings (SSSR count). The number of esters is 1. The number of carbonyl (C=O) groups is 1. The Morgan fingerprint density at radius 3 is 2.61 bits per heavy atom. The van der Waals surface area contributed by atoms with Crippen molar-refractivity contribution in [1.29, 1.82) is 5.41 Å². The molecule has 1 unspecified atom stereocenters. The van der Waals surface area contributed by atoms with Crippen molar-refractivity contribution in [3.05, 3.63) is 41.6 Å². The number of hydrogen-bond acceptors (Lipinski definition) is 5. The number of methoxy groups -OCH3 is 1. The highest BCUT2D eigenvalue weighted by molar-refractivity contribution is 6.03. The minimum atomic E-state index is -1.70. The summed E-state index contributed by atoms with van der Waals surface area (Å²) in [5.41, 5.74) is 1.00. The molecular weight excluding hydrogens is 292 g/mol. The van der Waals surface area contributed by atoms with E-state index >= 15 is 0 Å². The van der Waals surface area contributed by atoms with Crippen molar-refractivity contribution in [3.63, 3.8) is 0 Å². The molecule has 1 heterocycles. The fourth-order valence-corrected chi connectivity index (χ4v) is 2.17. The van der Waals surface area contributed by atoms with Gasteiger partial charge in [0.15, 0.2) is 5.60 Å². The Balaban J connectivity index is 0.00000127. The summed E-state index contributed by atoms with van der Waals surface area (Å²) in [6.07, 6.45) is 1.68. The van der Waals surface area contributed by atoms with Crippen LogP contribution in [0.25, 0.3) is 10.9 Å². The highest BCUT2D eigenvalue weighted by atomic mass is 16.5. The van der Waals surface area contributed by atoms with Gasteiger partial charge >= 0.3 is 5.97 Å². The molecule has 0 saturated heterocycles.